The van der Waals surface area contributed by atoms with Crippen LogP contribution in [-0.4, -0.2) is 28.5 Å². The monoisotopic (exact) mass is 434 g/mol. The van der Waals surface area contributed by atoms with Gasteiger partial charge in [-0.25, -0.2) is 0 Å². The number of amides is 3. The van der Waals surface area contributed by atoms with Gasteiger partial charge >= 0.3 is 6.18 Å². The lowest BCUT2D eigenvalue weighted by Gasteiger charge is -2.14. The Morgan fingerprint density at radius 1 is 1.13 bits per heavy atom. The van der Waals surface area contributed by atoms with Gasteiger partial charge in [0.15, 0.2) is 0 Å². The van der Waals surface area contributed by atoms with Crippen LogP contribution in [0.2, 0.25) is 0 Å². The predicted molar refractivity (Wildman–Crippen MR) is 109 cm³/mol. The van der Waals surface area contributed by atoms with Gasteiger partial charge in [0.1, 0.15) is 6.54 Å². The van der Waals surface area contributed by atoms with Gasteiger partial charge in [0, 0.05) is 5.69 Å². The van der Waals surface area contributed by atoms with Crippen molar-refractivity contribution in [2.75, 3.05) is 11.9 Å². The summed E-state index contributed by atoms with van der Waals surface area (Å²) >= 11 is 0.581. The predicted octanol–water partition coefficient (Wildman–Crippen LogP) is 5.00. The van der Waals surface area contributed by atoms with Crippen molar-refractivity contribution in [1.29, 1.82) is 0 Å². The molecule has 5 nitrogen and oxygen atoms in total. The third kappa shape index (κ3) is 4.91. The molecule has 2 aromatic carbocycles. The number of carbonyl (C=O) groups is 3. The van der Waals surface area contributed by atoms with Crippen molar-refractivity contribution >= 4 is 40.6 Å². The fourth-order valence-electron chi connectivity index (χ4n) is 2.88. The van der Waals surface area contributed by atoms with Crippen LogP contribution in [0, 0.1) is 13.8 Å². The van der Waals surface area contributed by atoms with Crippen LogP contribution in [0.5, 0.6) is 0 Å². The van der Waals surface area contributed by atoms with Gasteiger partial charge in [-0.2, -0.15) is 13.2 Å². The molecule has 30 heavy (non-hydrogen) atoms. The number of anilines is 1. The number of hydrogen-bond donors (Lipinski definition) is 1. The molecule has 156 valence electrons. The fourth-order valence-corrected chi connectivity index (χ4v) is 3.72. The molecule has 0 atom stereocenters. The van der Waals surface area contributed by atoms with Crippen molar-refractivity contribution < 1.29 is 27.6 Å². The molecule has 0 radical (unpaired) electrons. The third-order valence-corrected chi connectivity index (χ3v) is 5.25. The Bertz CT molecular complexity index is 1060. The highest BCUT2D eigenvalue weighted by atomic mass is 32.2. The van der Waals surface area contributed by atoms with E-state index in [2.05, 4.69) is 5.32 Å². The number of nitrogens with one attached hydrogen (secondary N) is 1. The van der Waals surface area contributed by atoms with Gasteiger partial charge in [0.25, 0.3) is 11.1 Å². The summed E-state index contributed by atoms with van der Waals surface area (Å²) in [6.07, 6.45) is -3.31. The summed E-state index contributed by atoms with van der Waals surface area (Å²) in [5.74, 6) is -1.28. The van der Waals surface area contributed by atoms with Gasteiger partial charge in [-0.05, 0) is 61.0 Å². The van der Waals surface area contributed by atoms with E-state index in [1.807, 2.05) is 26.0 Å². The average Bonchev–Trinajstić information content (AvgIpc) is 2.91. The van der Waals surface area contributed by atoms with Gasteiger partial charge in [0.05, 0.1) is 10.5 Å². The van der Waals surface area contributed by atoms with Crippen molar-refractivity contribution in [3.05, 3.63) is 69.6 Å². The van der Waals surface area contributed by atoms with Crippen LogP contribution >= 0.6 is 11.8 Å². The Balaban J connectivity index is 1.73. The molecule has 0 bridgehead atoms. The zero-order chi connectivity index (χ0) is 22.1. The lowest BCUT2D eigenvalue weighted by atomic mass is 10.1. The zero-order valence-corrected chi connectivity index (χ0v) is 16.9. The van der Waals surface area contributed by atoms with Crippen LogP contribution in [0.15, 0.2) is 47.4 Å². The first kappa shape index (κ1) is 21.6. The van der Waals surface area contributed by atoms with E-state index in [1.165, 1.54) is 18.2 Å². The van der Waals surface area contributed by atoms with Crippen molar-refractivity contribution in [1.82, 2.24) is 4.90 Å². The fraction of sp³-hybridized carbons (Fsp3) is 0.190. The zero-order valence-electron chi connectivity index (χ0n) is 16.0. The summed E-state index contributed by atoms with van der Waals surface area (Å²) in [4.78, 5) is 37.7. The minimum absolute atomic E-state index is 0.0429. The van der Waals surface area contributed by atoms with Crippen LogP contribution in [0.25, 0.3) is 6.08 Å². The van der Waals surface area contributed by atoms with Crippen molar-refractivity contribution in [3.8, 4) is 0 Å². The minimum atomic E-state index is -4.52. The Morgan fingerprint density at radius 2 is 1.87 bits per heavy atom. The van der Waals surface area contributed by atoms with Crippen molar-refractivity contribution in [2.45, 2.75) is 20.0 Å². The normalized spacial score (nSPS) is 15.8. The van der Waals surface area contributed by atoms with Crippen LogP contribution in [0.1, 0.15) is 22.3 Å². The summed E-state index contributed by atoms with van der Waals surface area (Å²) < 4.78 is 38.6. The number of imide groups is 1. The number of alkyl halides is 3. The van der Waals surface area contributed by atoms with E-state index in [-0.39, 0.29) is 10.5 Å². The number of nitrogens with zero attached hydrogens (tertiary/aromatic N) is 1. The molecular weight excluding hydrogens is 417 g/mol. The molecule has 0 saturated carbocycles. The standard InChI is InChI=1S/C21H17F3N2O3S/c1-12-6-7-16(13(2)8-12)25-18(27)11-26-19(28)17(30-20(26)29)10-14-4-3-5-15(9-14)21(22,23)24/h3-10H,11H2,1-2H3,(H,25,27)/b17-10+. The SMILES string of the molecule is Cc1ccc(NC(=O)CN2C(=O)S/C(=C/c3cccc(C(F)(F)F)c3)C2=O)c(C)c1. The minimum Gasteiger partial charge on any atom is -0.324 e. The van der Waals surface area contributed by atoms with Gasteiger partial charge in [-0.3, -0.25) is 19.3 Å². The Morgan fingerprint density at radius 3 is 2.53 bits per heavy atom. The summed E-state index contributed by atoms with van der Waals surface area (Å²) in [5.41, 5.74) is 1.70. The number of hydrogen-bond acceptors (Lipinski definition) is 4. The Labute approximate surface area is 174 Å². The van der Waals surface area contributed by atoms with Crippen LogP contribution in [-0.2, 0) is 15.8 Å². The summed E-state index contributed by atoms with van der Waals surface area (Å²) in [5, 5.41) is 2.00. The molecule has 1 N–H and O–H groups in total. The first-order valence-electron chi connectivity index (χ1n) is 8.84. The molecule has 0 aliphatic carbocycles. The first-order valence-corrected chi connectivity index (χ1v) is 9.66. The van der Waals surface area contributed by atoms with Gasteiger partial charge in [-0.15, -0.1) is 0 Å². The summed E-state index contributed by atoms with van der Waals surface area (Å²) in [6, 6.07) is 9.85. The molecule has 2 aromatic rings. The molecule has 1 aliphatic heterocycles. The molecular formula is C21H17F3N2O3S. The quantitative estimate of drug-likeness (QED) is 0.688. The van der Waals surface area contributed by atoms with E-state index in [1.54, 1.807) is 6.07 Å². The molecule has 1 heterocycles. The number of benzene rings is 2. The van der Waals surface area contributed by atoms with E-state index in [4.69, 9.17) is 0 Å². The van der Waals surface area contributed by atoms with E-state index in [9.17, 15) is 27.6 Å². The second kappa shape index (κ2) is 8.35. The van der Waals surface area contributed by atoms with E-state index in [0.717, 1.165) is 28.2 Å². The van der Waals surface area contributed by atoms with E-state index < -0.39 is 35.3 Å². The lowest BCUT2D eigenvalue weighted by Crippen LogP contribution is -2.36. The van der Waals surface area contributed by atoms with Crippen molar-refractivity contribution in [2.24, 2.45) is 0 Å². The lowest BCUT2D eigenvalue weighted by molar-refractivity contribution is -0.137. The molecule has 1 aliphatic rings. The largest absolute Gasteiger partial charge is 0.416 e. The second-order valence-electron chi connectivity index (χ2n) is 6.76. The number of halogens is 3. The molecule has 3 rings (SSSR count). The third-order valence-electron chi connectivity index (χ3n) is 4.34. The maximum atomic E-state index is 12.9. The highest BCUT2D eigenvalue weighted by molar-refractivity contribution is 8.18. The maximum Gasteiger partial charge on any atom is 0.416 e. The molecule has 0 unspecified atom stereocenters. The average molecular weight is 434 g/mol. The Kier molecular flexibility index (Phi) is 6.02. The highest BCUT2D eigenvalue weighted by Gasteiger charge is 2.36. The van der Waals surface area contributed by atoms with Crippen molar-refractivity contribution in [3.63, 3.8) is 0 Å². The number of aryl methyl sites for hydroxylation is 2. The molecule has 3 amide bonds. The van der Waals surface area contributed by atoms with Gasteiger partial charge < -0.3 is 5.32 Å². The summed E-state index contributed by atoms with van der Waals surface area (Å²) in [7, 11) is 0. The van der Waals surface area contributed by atoms with Gasteiger partial charge in [-0.1, -0.05) is 29.8 Å². The Hall–Kier alpha value is -3.07. The maximum absolute atomic E-state index is 12.9. The van der Waals surface area contributed by atoms with E-state index in [0.29, 0.717) is 17.4 Å². The van der Waals surface area contributed by atoms with E-state index >= 15 is 0 Å². The highest BCUT2D eigenvalue weighted by Crippen LogP contribution is 2.34. The summed E-state index contributed by atoms with van der Waals surface area (Å²) in [6.45, 7) is 3.24. The van der Waals surface area contributed by atoms with Gasteiger partial charge in [0.2, 0.25) is 5.91 Å². The molecule has 0 spiro atoms. The molecule has 1 fully saturated rings. The topological polar surface area (TPSA) is 66.5 Å². The number of thioether (sulfide) groups is 1. The van der Waals surface area contributed by atoms with Crippen LogP contribution in [0.3, 0.4) is 0 Å². The molecule has 1 saturated heterocycles. The number of carbonyl (C=O) groups excluding carboxylic acids is 3. The molecule has 0 aromatic heterocycles. The van der Waals surface area contributed by atoms with Crippen LogP contribution in [0.4, 0.5) is 23.7 Å². The second-order valence-corrected chi connectivity index (χ2v) is 7.75. The van der Waals surface area contributed by atoms with Crippen LogP contribution < -0.4 is 5.32 Å². The first-order chi connectivity index (χ1) is 14.0. The molecule has 9 heteroatoms. The smallest absolute Gasteiger partial charge is 0.324 e. The number of rotatable bonds is 4.